The lowest BCUT2D eigenvalue weighted by atomic mass is 9.90. The highest BCUT2D eigenvalue weighted by molar-refractivity contribution is 8.03. The molecule has 5 atom stereocenters. The molecule has 0 saturated carbocycles. The number of ether oxygens (including phenoxy) is 1. The molecule has 0 aliphatic carbocycles. The van der Waals surface area contributed by atoms with Gasteiger partial charge in [-0.1, -0.05) is 29.8 Å². The van der Waals surface area contributed by atoms with E-state index in [1.165, 1.54) is 12.1 Å². The fourth-order valence-corrected chi connectivity index (χ4v) is 6.55. The predicted octanol–water partition coefficient (Wildman–Crippen LogP) is 5.81. The van der Waals surface area contributed by atoms with E-state index in [2.05, 4.69) is 16.4 Å². The first-order chi connectivity index (χ1) is 17.3. The molecule has 4 heterocycles. The van der Waals surface area contributed by atoms with Crippen molar-refractivity contribution in [3.8, 4) is 0 Å². The van der Waals surface area contributed by atoms with Crippen molar-refractivity contribution in [2.45, 2.75) is 61.7 Å². The highest BCUT2D eigenvalue weighted by Gasteiger charge is 2.48. The standard InChI is InChI=1S/C27H30ClF2N3O2S/c1-16(29)5-7-18-8-10-21(31-18)24-22-13-27(34,15-35-2)14-33(22)26(23-4-3-11-36-23)32-25(24)19-9-6-17(30)12-20(19)28/h3,6,8-12,16,18,23,25,34H,4-5,7,13-15H2,1-2H3/t16?,18?,23?,25-,27-/m0/s1. The summed E-state index contributed by atoms with van der Waals surface area (Å²) in [4.78, 5) is 12.2. The minimum atomic E-state index is -1.08. The van der Waals surface area contributed by atoms with Crippen molar-refractivity contribution in [2.75, 3.05) is 20.3 Å². The van der Waals surface area contributed by atoms with E-state index in [0.717, 1.165) is 29.2 Å². The second-order valence-corrected chi connectivity index (χ2v) is 11.4. The van der Waals surface area contributed by atoms with Crippen LogP contribution in [0.2, 0.25) is 5.02 Å². The maximum atomic E-state index is 14.0. The maximum Gasteiger partial charge on any atom is 0.124 e. The second kappa shape index (κ2) is 10.4. The Balaban J connectivity index is 1.63. The minimum absolute atomic E-state index is 0.105. The summed E-state index contributed by atoms with van der Waals surface area (Å²) in [6.07, 6.45) is 7.42. The molecule has 9 heteroatoms. The number of allylic oxidation sites excluding steroid dienone is 2. The fraction of sp³-hybridized carbons (Fsp3) is 0.481. The Hall–Kier alpha value is -2.00. The SMILES string of the molecule is COC[C@]1(O)CC2=C(C3=NC(CCC(C)F)C=C3)[C@H](c3ccc(F)cc3Cl)N=C(C3CC=CS3)N2C1. The van der Waals surface area contributed by atoms with E-state index >= 15 is 0 Å². The van der Waals surface area contributed by atoms with Crippen molar-refractivity contribution < 1.29 is 18.6 Å². The number of aliphatic imine (C=N–C) groups is 2. The number of halogens is 3. The van der Waals surface area contributed by atoms with Crippen molar-refractivity contribution >= 4 is 34.9 Å². The molecular formula is C27H30ClF2N3O2S. The van der Waals surface area contributed by atoms with Gasteiger partial charge in [-0.15, -0.1) is 11.8 Å². The van der Waals surface area contributed by atoms with E-state index in [4.69, 9.17) is 26.3 Å². The van der Waals surface area contributed by atoms with E-state index < -0.39 is 23.6 Å². The topological polar surface area (TPSA) is 57.4 Å². The lowest BCUT2D eigenvalue weighted by Gasteiger charge is -2.35. The van der Waals surface area contributed by atoms with Crippen LogP contribution in [-0.2, 0) is 4.74 Å². The van der Waals surface area contributed by atoms with Gasteiger partial charge in [0.1, 0.15) is 23.3 Å². The average molecular weight is 534 g/mol. The quantitative estimate of drug-likeness (QED) is 0.458. The van der Waals surface area contributed by atoms with Crippen molar-refractivity contribution in [3.05, 3.63) is 69.5 Å². The highest BCUT2D eigenvalue weighted by atomic mass is 35.5. The molecule has 1 N–H and O–H groups in total. The Morgan fingerprint density at radius 2 is 2.19 bits per heavy atom. The number of rotatable bonds is 8. The van der Waals surface area contributed by atoms with Crippen LogP contribution in [0.3, 0.4) is 0 Å². The Kier molecular flexibility index (Phi) is 7.41. The third-order valence-corrected chi connectivity index (χ3v) is 8.37. The zero-order valence-corrected chi connectivity index (χ0v) is 21.9. The molecule has 4 aliphatic heterocycles. The van der Waals surface area contributed by atoms with Crippen molar-refractivity contribution in [1.82, 2.24) is 4.90 Å². The highest BCUT2D eigenvalue weighted by Crippen LogP contribution is 2.46. The number of methoxy groups -OCH3 is 1. The monoisotopic (exact) mass is 533 g/mol. The van der Waals surface area contributed by atoms with Gasteiger partial charge in [0.25, 0.3) is 0 Å². The molecule has 4 aliphatic rings. The number of fused-ring (bicyclic) bond motifs is 1. The smallest absolute Gasteiger partial charge is 0.124 e. The minimum Gasteiger partial charge on any atom is -0.385 e. The van der Waals surface area contributed by atoms with E-state index in [9.17, 15) is 13.9 Å². The number of thioether (sulfide) groups is 1. The zero-order chi connectivity index (χ0) is 25.4. The first-order valence-corrected chi connectivity index (χ1v) is 13.6. The van der Waals surface area contributed by atoms with Crippen LogP contribution in [0.1, 0.15) is 44.2 Å². The second-order valence-electron chi connectivity index (χ2n) is 9.87. The van der Waals surface area contributed by atoms with Crippen LogP contribution in [0.4, 0.5) is 8.78 Å². The molecule has 5 rings (SSSR count). The van der Waals surface area contributed by atoms with Crippen LogP contribution in [0.15, 0.2) is 63.1 Å². The number of amidine groups is 1. The normalized spacial score (nSPS) is 30.2. The van der Waals surface area contributed by atoms with Crippen LogP contribution in [-0.4, -0.2) is 64.9 Å². The maximum absolute atomic E-state index is 14.0. The van der Waals surface area contributed by atoms with Gasteiger partial charge in [-0.3, -0.25) is 9.98 Å². The van der Waals surface area contributed by atoms with Crippen LogP contribution in [0.25, 0.3) is 0 Å². The van der Waals surface area contributed by atoms with E-state index in [0.29, 0.717) is 36.4 Å². The number of hydrogen-bond acceptors (Lipinski definition) is 6. The van der Waals surface area contributed by atoms with Gasteiger partial charge in [-0.2, -0.15) is 0 Å². The Morgan fingerprint density at radius 1 is 1.36 bits per heavy atom. The lowest BCUT2D eigenvalue weighted by molar-refractivity contribution is -0.0188. The van der Waals surface area contributed by atoms with Crippen LogP contribution < -0.4 is 0 Å². The van der Waals surface area contributed by atoms with E-state index in [1.54, 1.807) is 31.9 Å². The molecule has 5 nitrogen and oxygen atoms in total. The summed E-state index contributed by atoms with van der Waals surface area (Å²) in [7, 11) is 1.58. The summed E-state index contributed by atoms with van der Waals surface area (Å²) in [5, 5.41) is 13.9. The van der Waals surface area contributed by atoms with Gasteiger partial charge in [0.15, 0.2) is 0 Å². The summed E-state index contributed by atoms with van der Waals surface area (Å²) in [5.41, 5.74) is 2.13. The number of aliphatic hydroxyl groups is 1. The van der Waals surface area contributed by atoms with Gasteiger partial charge >= 0.3 is 0 Å². The third-order valence-electron chi connectivity index (χ3n) is 6.96. The molecule has 0 radical (unpaired) electrons. The molecule has 1 aromatic rings. The number of benzene rings is 1. The first-order valence-electron chi connectivity index (χ1n) is 12.2. The molecule has 0 spiro atoms. The Morgan fingerprint density at radius 3 is 2.89 bits per heavy atom. The average Bonchev–Trinajstić information content (AvgIpc) is 3.57. The van der Waals surface area contributed by atoms with Gasteiger partial charge in [-0.25, -0.2) is 8.78 Å². The molecule has 0 aromatic heterocycles. The molecule has 36 heavy (non-hydrogen) atoms. The molecule has 3 unspecified atom stereocenters. The Labute approximate surface area is 219 Å². The van der Waals surface area contributed by atoms with E-state index in [-0.39, 0.29) is 17.9 Å². The van der Waals surface area contributed by atoms with Crippen molar-refractivity contribution in [2.24, 2.45) is 9.98 Å². The molecule has 0 amide bonds. The summed E-state index contributed by atoms with van der Waals surface area (Å²) < 4.78 is 32.8. The first kappa shape index (κ1) is 25.6. The van der Waals surface area contributed by atoms with Gasteiger partial charge < -0.3 is 14.7 Å². The lowest BCUT2D eigenvalue weighted by Crippen LogP contribution is -2.43. The van der Waals surface area contributed by atoms with Crippen LogP contribution in [0.5, 0.6) is 0 Å². The molecular weight excluding hydrogens is 504 g/mol. The summed E-state index contributed by atoms with van der Waals surface area (Å²) in [6.45, 7) is 2.10. The fourth-order valence-electron chi connectivity index (χ4n) is 5.33. The van der Waals surface area contributed by atoms with Gasteiger partial charge in [0.2, 0.25) is 0 Å². The van der Waals surface area contributed by atoms with E-state index in [1.807, 2.05) is 12.2 Å². The molecule has 1 aromatic carbocycles. The van der Waals surface area contributed by atoms with Crippen molar-refractivity contribution in [1.29, 1.82) is 0 Å². The van der Waals surface area contributed by atoms with Crippen molar-refractivity contribution in [3.63, 3.8) is 0 Å². The molecule has 0 bridgehead atoms. The molecule has 1 fully saturated rings. The number of nitrogens with zero attached hydrogens (tertiary/aromatic N) is 3. The summed E-state index contributed by atoms with van der Waals surface area (Å²) in [5.74, 6) is 0.454. The largest absolute Gasteiger partial charge is 0.385 e. The van der Waals surface area contributed by atoms with Crippen LogP contribution >= 0.6 is 23.4 Å². The van der Waals surface area contributed by atoms with Gasteiger partial charge in [0, 0.05) is 35.4 Å². The third kappa shape index (κ3) is 5.05. The number of alkyl halides is 1. The summed E-state index contributed by atoms with van der Waals surface area (Å²) >= 11 is 8.27. The molecule has 1 saturated heterocycles. The van der Waals surface area contributed by atoms with Gasteiger partial charge in [-0.05, 0) is 49.8 Å². The van der Waals surface area contributed by atoms with Gasteiger partial charge in [0.05, 0.1) is 36.3 Å². The zero-order valence-electron chi connectivity index (χ0n) is 20.3. The van der Waals surface area contributed by atoms with Crippen LogP contribution in [0, 0.1) is 5.82 Å². The Bertz CT molecular complexity index is 1170. The molecule has 192 valence electrons. The summed E-state index contributed by atoms with van der Waals surface area (Å²) in [6, 6.07) is 3.75. The predicted molar refractivity (Wildman–Crippen MR) is 142 cm³/mol. The number of hydrogen-bond donors (Lipinski definition) is 1.